The minimum Gasteiger partial charge on any atom is -0.247 e. The molecule has 0 aliphatic carbocycles. The van der Waals surface area contributed by atoms with Gasteiger partial charge in [0.1, 0.15) is 17.5 Å². The van der Waals surface area contributed by atoms with Crippen molar-refractivity contribution >= 4 is 0 Å². The van der Waals surface area contributed by atoms with Gasteiger partial charge in [0.25, 0.3) is 0 Å². The summed E-state index contributed by atoms with van der Waals surface area (Å²) in [6, 6.07) is 22.0. The van der Waals surface area contributed by atoms with Gasteiger partial charge in [0.05, 0.1) is 11.4 Å². The first kappa shape index (κ1) is 17.0. The van der Waals surface area contributed by atoms with Gasteiger partial charge in [0.15, 0.2) is 0 Å². The first-order valence-corrected chi connectivity index (χ1v) is 8.39. The van der Waals surface area contributed by atoms with Gasteiger partial charge >= 0.3 is 0 Å². The summed E-state index contributed by atoms with van der Waals surface area (Å²) in [5.41, 5.74) is 4.41. The fourth-order valence-electron chi connectivity index (χ4n) is 2.93. The Morgan fingerprint density at radius 3 is 1.41 bits per heavy atom. The van der Waals surface area contributed by atoms with E-state index in [9.17, 15) is 13.2 Å². The summed E-state index contributed by atoms with van der Waals surface area (Å²) in [6.45, 7) is 0. The second-order valence-electron chi connectivity index (χ2n) is 6.11. The normalized spacial score (nSPS) is 10.8. The van der Waals surface area contributed by atoms with Crippen molar-refractivity contribution in [3.8, 4) is 33.6 Å². The average Bonchev–Trinajstić information content (AvgIpc) is 2.69. The minimum atomic E-state index is -0.336. The maximum Gasteiger partial charge on any atom is 0.123 e. The monoisotopic (exact) mass is 361 g/mol. The second-order valence-corrected chi connectivity index (χ2v) is 6.11. The number of pyridine rings is 1. The Morgan fingerprint density at radius 1 is 0.444 bits per heavy atom. The molecule has 0 amide bonds. The van der Waals surface area contributed by atoms with Crippen LogP contribution in [0.25, 0.3) is 33.6 Å². The number of rotatable bonds is 3. The van der Waals surface area contributed by atoms with Crippen molar-refractivity contribution in [3.63, 3.8) is 0 Å². The summed E-state index contributed by atoms with van der Waals surface area (Å²) in [5, 5.41) is 0. The van der Waals surface area contributed by atoms with E-state index < -0.39 is 0 Å². The topological polar surface area (TPSA) is 12.9 Å². The SMILES string of the molecule is Fc1ccc(-c2ccc(-c3ccc(F)cc3)c(-c3ccc(F)cc3)n2)cc1. The Kier molecular flexibility index (Phi) is 4.47. The Morgan fingerprint density at radius 2 is 0.889 bits per heavy atom. The van der Waals surface area contributed by atoms with Crippen LogP contribution >= 0.6 is 0 Å². The van der Waals surface area contributed by atoms with Crippen LogP contribution in [-0.4, -0.2) is 4.98 Å². The van der Waals surface area contributed by atoms with E-state index in [4.69, 9.17) is 4.98 Å². The molecule has 0 radical (unpaired) electrons. The molecule has 27 heavy (non-hydrogen) atoms. The molecule has 1 nitrogen and oxygen atoms in total. The van der Waals surface area contributed by atoms with Crippen LogP contribution in [0.2, 0.25) is 0 Å². The van der Waals surface area contributed by atoms with Gasteiger partial charge in [0.2, 0.25) is 0 Å². The van der Waals surface area contributed by atoms with Crippen LogP contribution < -0.4 is 0 Å². The van der Waals surface area contributed by atoms with Gasteiger partial charge in [0, 0.05) is 16.7 Å². The van der Waals surface area contributed by atoms with Crippen molar-refractivity contribution < 1.29 is 13.2 Å². The number of aromatic nitrogens is 1. The van der Waals surface area contributed by atoms with Gasteiger partial charge in [-0.2, -0.15) is 0 Å². The van der Waals surface area contributed by atoms with E-state index in [0.717, 1.165) is 22.3 Å². The smallest absolute Gasteiger partial charge is 0.123 e. The average molecular weight is 361 g/mol. The lowest BCUT2D eigenvalue weighted by Gasteiger charge is -2.12. The van der Waals surface area contributed by atoms with Crippen molar-refractivity contribution in [2.75, 3.05) is 0 Å². The molecule has 4 aromatic rings. The summed E-state index contributed by atoms with van der Waals surface area (Å²) < 4.78 is 39.9. The van der Waals surface area contributed by atoms with Gasteiger partial charge in [-0.3, -0.25) is 0 Å². The van der Waals surface area contributed by atoms with Crippen LogP contribution in [0.15, 0.2) is 84.9 Å². The van der Waals surface area contributed by atoms with E-state index in [0.29, 0.717) is 11.4 Å². The Labute approximate surface area is 154 Å². The summed E-state index contributed by atoms with van der Waals surface area (Å²) in [4.78, 5) is 4.73. The Balaban J connectivity index is 1.89. The summed E-state index contributed by atoms with van der Waals surface area (Å²) in [7, 11) is 0. The number of nitrogens with zero attached hydrogens (tertiary/aromatic N) is 1. The molecular weight excluding hydrogens is 347 g/mol. The molecule has 1 heterocycles. The zero-order valence-electron chi connectivity index (χ0n) is 14.2. The third-order valence-corrected chi connectivity index (χ3v) is 4.31. The molecule has 4 heteroatoms. The van der Waals surface area contributed by atoms with Crippen LogP contribution in [0.3, 0.4) is 0 Å². The van der Waals surface area contributed by atoms with E-state index in [2.05, 4.69) is 0 Å². The first-order valence-electron chi connectivity index (χ1n) is 8.39. The van der Waals surface area contributed by atoms with Crippen LogP contribution in [0.5, 0.6) is 0 Å². The highest BCUT2D eigenvalue weighted by Gasteiger charge is 2.12. The van der Waals surface area contributed by atoms with Crippen molar-refractivity contribution in [2.45, 2.75) is 0 Å². The van der Waals surface area contributed by atoms with Crippen molar-refractivity contribution in [1.82, 2.24) is 4.98 Å². The van der Waals surface area contributed by atoms with E-state index in [1.165, 1.54) is 36.4 Å². The fraction of sp³-hybridized carbons (Fsp3) is 0. The summed E-state index contributed by atoms with van der Waals surface area (Å²) in [5.74, 6) is -0.977. The molecule has 0 N–H and O–H groups in total. The molecule has 0 bridgehead atoms. The van der Waals surface area contributed by atoms with Crippen LogP contribution in [-0.2, 0) is 0 Å². The lowest BCUT2D eigenvalue weighted by atomic mass is 9.98. The molecule has 0 fully saturated rings. The van der Waals surface area contributed by atoms with Crippen molar-refractivity contribution in [2.24, 2.45) is 0 Å². The molecule has 0 aliphatic heterocycles. The molecular formula is C23H14F3N. The number of hydrogen-bond acceptors (Lipinski definition) is 1. The highest BCUT2D eigenvalue weighted by Crippen LogP contribution is 2.33. The maximum absolute atomic E-state index is 13.4. The van der Waals surface area contributed by atoms with Crippen LogP contribution in [0.4, 0.5) is 13.2 Å². The standard InChI is InChI=1S/C23H14F3N/c24-18-7-1-15(2-8-18)21-13-14-22(16-3-9-19(25)10-4-16)27-23(21)17-5-11-20(26)12-6-17/h1-14H. The Bertz CT molecular complexity index is 1070. The highest BCUT2D eigenvalue weighted by molar-refractivity contribution is 5.82. The fourth-order valence-corrected chi connectivity index (χ4v) is 2.93. The lowest BCUT2D eigenvalue weighted by Crippen LogP contribution is -1.93. The highest BCUT2D eigenvalue weighted by atomic mass is 19.1. The maximum atomic E-state index is 13.4. The minimum absolute atomic E-state index is 0.319. The molecule has 0 aliphatic rings. The van der Waals surface area contributed by atoms with Crippen LogP contribution in [0, 0.1) is 17.5 Å². The summed E-state index contributed by atoms with van der Waals surface area (Å²) in [6.07, 6.45) is 0. The number of hydrogen-bond donors (Lipinski definition) is 0. The molecule has 0 unspecified atom stereocenters. The third-order valence-electron chi connectivity index (χ3n) is 4.31. The molecule has 0 saturated heterocycles. The molecule has 132 valence electrons. The third kappa shape index (κ3) is 3.60. The second kappa shape index (κ2) is 7.08. The lowest BCUT2D eigenvalue weighted by molar-refractivity contribution is 0.627. The van der Waals surface area contributed by atoms with E-state index >= 15 is 0 Å². The van der Waals surface area contributed by atoms with E-state index in [-0.39, 0.29) is 17.5 Å². The first-order chi connectivity index (χ1) is 13.1. The summed E-state index contributed by atoms with van der Waals surface area (Å²) >= 11 is 0. The molecule has 0 atom stereocenters. The predicted molar refractivity (Wildman–Crippen MR) is 100 cm³/mol. The number of halogens is 3. The van der Waals surface area contributed by atoms with Gasteiger partial charge in [-0.1, -0.05) is 18.2 Å². The number of benzene rings is 3. The molecule has 3 aromatic carbocycles. The zero-order valence-corrected chi connectivity index (χ0v) is 14.2. The van der Waals surface area contributed by atoms with Gasteiger partial charge in [-0.05, 0) is 72.3 Å². The molecule has 0 spiro atoms. The van der Waals surface area contributed by atoms with Crippen molar-refractivity contribution in [3.05, 3.63) is 102 Å². The predicted octanol–water partition coefficient (Wildman–Crippen LogP) is 6.50. The van der Waals surface area contributed by atoms with E-state index in [1.807, 2.05) is 12.1 Å². The van der Waals surface area contributed by atoms with Gasteiger partial charge < -0.3 is 0 Å². The molecule has 4 rings (SSSR count). The molecule has 1 aromatic heterocycles. The van der Waals surface area contributed by atoms with Crippen LogP contribution in [0.1, 0.15) is 0 Å². The largest absolute Gasteiger partial charge is 0.247 e. The molecule has 0 saturated carbocycles. The Hall–Kier alpha value is -3.40. The quantitative estimate of drug-likeness (QED) is 0.406. The zero-order chi connectivity index (χ0) is 18.8. The van der Waals surface area contributed by atoms with E-state index in [1.54, 1.807) is 36.4 Å². The van der Waals surface area contributed by atoms with Gasteiger partial charge in [-0.15, -0.1) is 0 Å². The van der Waals surface area contributed by atoms with Crippen molar-refractivity contribution in [1.29, 1.82) is 0 Å². The van der Waals surface area contributed by atoms with Gasteiger partial charge in [-0.25, -0.2) is 18.2 Å².